The van der Waals surface area contributed by atoms with Crippen molar-refractivity contribution in [1.82, 2.24) is 4.98 Å². The maximum atomic E-state index is 5.92. The first-order valence-electron chi connectivity index (χ1n) is 7.06. The third-order valence-electron chi connectivity index (χ3n) is 2.81. The summed E-state index contributed by atoms with van der Waals surface area (Å²) in [6, 6.07) is 6.15. The van der Waals surface area contributed by atoms with Crippen LogP contribution in [0.1, 0.15) is 33.3 Å². The summed E-state index contributed by atoms with van der Waals surface area (Å²) in [7, 11) is 0. The second-order valence-electron chi connectivity index (χ2n) is 6.19. The Morgan fingerprint density at radius 2 is 2.10 bits per heavy atom. The fourth-order valence-electron chi connectivity index (χ4n) is 1.97. The molecule has 0 radical (unpaired) electrons. The third-order valence-corrected chi connectivity index (χ3v) is 3.54. The highest BCUT2D eigenvalue weighted by atomic mass is 32.1. The number of thiophene rings is 1. The maximum Gasteiger partial charge on any atom is 0.239 e. The summed E-state index contributed by atoms with van der Waals surface area (Å²) in [6.45, 7) is 8.08. The summed E-state index contributed by atoms with van der Waals surface area (Å²) in [5, 5.41) is 7.66. The number of hydrogen-bond acceptors (Lipinski definition) is 5. The quantitative estimate of drug-likeness (QED) is 0.878. The summed E-state index contributed by atoms with van der Waals surface area (Å²) >= 11 is 1.72. The van der Waals surface area contributed by atoms with Crippen molar-refractivity contribution in [3.63, 3.8) is 0 Å². The molecule has 2 rings (SSSR count). The Labute approximate surface area is 130 Å². The molecule has 1 atom stereocenters. The first-order chi connectivity index (χ1) is 9.83. The summed E-state index contributed by atoms with van der Waals surface area (Å²) < 4.78 is 5.79. The van der Waals surface area contributed by atoms with Gasteiger partial charge in [0.2, 0.25) is 5.88 Å². The van der Waals surface area contributed by atoms with E-state index in [-0.39, 0.29) is 5.60 Å². The lowest BCUT2D eigenvalue weighted by molar-refractivity contribution is 0.125. The van der Waals surface area contributed by atoms with Crippen LogP contribution in [0.4, 0.5) is 11.5 Å². The van der Waals surface area contributed by atoms with Gasteiger partial charge in [-0.25, -0.2) is 0 Å². The van der Waals surface area contributed by atoms with Crippen molar-refractivity contribution in [2.75, 3.05) is 11.1 Å². The van der Waals surface area contributed by atoms with E-state index in [2.05, 4.69) is 34.1 Å². The van der Waals surface area contributed by atoms with Crippen molar-refractivity contribution >= 4 is 22.8 Å². The van der Waals surface area contributed by atoms with Gasteiger partial charge in [-0.15, -0.1) is 0 Å². The van der Waals surface area contributed by atoms with E-state index in [0.717, 1.165) is 12.2 Å². The molecule has 3 N–H and O–H groups in total. The second-order valence-corrected chi connectivity index (χ2v) is 6.97. The fourth-order valence-corrected chi connectivity index (χ4v) is 2.65. The van der Waals surface area contributed by atoms with Gasteiger partial charge in [0.1, 0.15) is 11.4 Å². The minimum Gasteiger partial charge on any atom is -0.470 e. The predicted octanol–water partition coefficient (Wildman–Crippen LogP) is 3.95. The van der Waals surface area contributed by atoms with Crippen LogP contribution in [0, 0.1) is 0 Å². The Hall–Kier alpha value is -1.75. The third kappa shape index (κ3) is 4.93. The van der Waals surface area contributed by atoms with Gasteiger partial charge in [0, 0.05) is 6.04 Å². The topological polar surface area (TPSA) is 60.2 Å². The van der Waals surface area contributed by atoms with Crippen LogP contribution >= 0.6 is 11.3 Å². The van der Waals surface area contributed by atoms with Crippen molar-refractivity contribution in [3.8, 4) is 5.88 Å². The van der Waals surface area contributed by atoms with Gasteiger partial charge in [-0.05, 0) is 68.6 Å². The van der Waals surface area contributed by atoms with E-state index in [1.54, 1.807) is 11.3 Å². The summed E-state index contributed by atoms with van der Waals surface area (Å²) in [5.41, 5.74) is 7.50. The number of anilines is 2. The van der Waals surface area contributed by atoms with Crippen LogP contribution in [0.15, 0.2) is 29.0 Å². The molecule has 1 unspecified atom stereocenters. The van der Waals surface area contributed by atoms with Crippen molar-refractivity contribution in [1.29, 1.82) is 0 Å². The average Bonchev–Trinajstić information content (AvgIpc) is 2.84. The Balaban J connectivity index is 2.04. The molecule has 2 aromatic rings. The first-order valence-corrected chi connectivity index (χ1v) is 8.01. The molecule has 0 amide bonds. The Morgan fingerprint density at radius 3 is 2.71 bits per heavy atom. The van der Waals surface area contributed by atoms with Gasteiger partial charge in [0.25, 0.3) is 0 Å². The normalized spacial score (nSPS) is 13.0. The Bertz CT molecular complexity index is 576. The molecule has 0 fully saturated rings. The van der Waals surface area contributed by atoms with Crippen LogP contribution in [0.5, 0.6) is 5.88 Å². The number of nitrogens with two attached hydrogens (primary N) is 1. The molecule has 5 heteroatoms. The zero-order valence-corrected chi connectivity index (χ0v) is 13.8. The van der Waals surface area contributed by atoms with Gasteiger partial charge in [0.15, 0.2) is 0 Å². The molecule has 0 aliphatic rings. The highest BCUT2D eigenvalue weighted by molar-refractivity contribution is 7.07. The molecule has 114 valence electrons. The van der Waals surface area contributed by atoms with E-state index in [0.29, 0.717) is 17.6 Å². The smallest absolute Gasteiger partial charge is 0.239 e. The van der Waals surface area contributed by atoms with Crippen molar-refractivity contribution in [2.45, 2.75) is 45.8 Å². The molecule has 0 aromatic carbocycles. The molecule has 2 heterocycles. The van der Waals surface area contributed by atoms with Gasteiger partial charge in [-0.2, -0.15) is 16.3 Å². The number of ether oxygens (including phenoxy) is 1. The zero-order chi connectivity index (χ0) is 15.5. The van der Waals surface area contributed by atoms with Crippen molar-refractivity contribution in [3.05, 3.63) is 34.5 Å². The zero-order valence-electron chi connectivity index (χ0n) is 13.0. The van der Waals surface area contributed by atoms with Crippen molar-refractivity contribution < 1.29 is 4.74 Å². The number of nitrogen functional groups attached to an aromatic ring is 1. The number of pyridine rings is 1. The lowest BCUT2D eigenvalue weighted by Gasteiger charge is -2.22. The highest BCUT2D eigenvalue weighted by Gasteiger charge is 2.16. The van der Waals surface area contributed by atoms with Crippen LogP contribution in [-0.4, -0.2) is 16.6 Å². The molecular weight excluding hydrogens is 282 g/mol. The summed E-state index contributed by atoms with van der Waals surface area (Å²) in [4.78, 5) is 4.47. The highest BCUT2D eigenvalue weighted by Crippen LogP contribution is 2.25. The van der Waals surface area contributed by atoms with Crippen LogP contribution in [0.25, 0.3) is 0 Å². The first kappa shape index (κ1) is 15.6. The average molecular weight is 305 g/mol. The minimum absolute atomic E-state index is 0.290. The molecule has 21 heavy (non-hydrogen) atoms. The molecule has 0 saturated heterocycles. The van der Waals surface area contributed by atoms with E-state index in [1.165, 1.54) is 5.56 Å². The molecule has 4 nitrogen and oxygen atoms in total. The number of nitrogens with zero attached hydrogens (tertiary/aromatic N) is 1. The largest absolute Gasteiger partial charge is 0.470 e. The van der Waals surface area contributed by atoms with E-state index >= 15 is 0 Å². The fraction of sp³-hybridized carbons (Fsp3) is 0.438. The monoisotopic (exact) mass is 305 g/mol. The summed E-state index contributed by atoms with van der Waals surface area (Å²) in [5.74, 6) is 1.27. The van der Waals surface area contributed by atoms with Gasteiger partial charge in [-0.3, -0.25) is 0 Å². The molecular formula is C16H23N3OS. The molecule has 0 spiro atoms. The Morgan fingerprint density at radius 1 is 1.33 bits per heavy atom. The van der Waals surface area contributed by atoms with Gasteiger partial charge in [0.05, 0.1) is 5.69 Å². The van der Waals surface area contributed by atoms with Crippen LogP contribution in [-0.2, 0) is 6.42 Å². The van der Waals surface area contributed by atoms with Crippen molar-refractivity contribution in [2.24, 2.45) is 0 Å². The number of aromatic nitrogens is 1. The van der Waals surface area contributed by atoms with E-state index in [1.807, 2.05) is 32.9 Å². The van der Waals surface area contributed by atoms with Gasteiger partial charge >= 0.3 is 0 Å². The van der Waals surface area contributed by atoms with Crippen LogP contribution in [0.2, 0.25) is 0 Å². The molecule has 0 aliphatic carbocycles. The van der Waals surface area contributed by atoms with Crippen LogP contribution < -0.4 is 15.8 Å². The van der Waals surface area contributed by atoms with E-state index in [4.69, 9.17) is 10.5 Å². The molecule has 0 bridgehead atoms. The van der Waals surface area contributed by atoms with Crippen LogP contribution in [0.3, 0.4) is 0 Å². The predicted molar refractivity (Wildman–Crippen MR) is 90.1 cm³/mol. The minimum atomic E-state index is -0.317. The standard InChI is InChI=1S/C16H23N3OS/c1-11(9-12-7-8-21-10-12)18-14-6-5-13(17)15(19-14)20-16(2,3)4/h5-8,10-11H,9,17H2,1-4H3,(H,18,19). The lowest BCUT2D eigenvalue weighted by atomic mass is 10.1. The lowest BCUT2D eigenvalue weighted by Crippen LogP contribution is -2.25. The van der Waals surface area contributed by atoms with Gasteiger partial charge in [-0.1, -0.05) is 0 Å². The second kappa shape index (κ2) is 6.35. The molecule has 2 aromatic heterocycles. The molecule has 0 aliphatic heterocycles. The number of hydrogen-bond donors (Lipinski definition) is 2. The van der Waals surface area contributed by atoms with Gasteiger partial charge < -0.3 is 15.8 Å². The molecule has 0 saturated carbocycles. The Kier molecular flexibility index (Phi) is 4.73. The maximum absolute atomic E-state index is 5.92. The number of rotatable bonds is 5. The van der Waals surface area contributed by atoms with E-state index in [9.17, 15) is 0 Å². The summed E-state index contributed by atoms with van der Waals surface area (Å²) in [6.07, 6.45) is 0.963. The number of nitrogens with one attached hydrogen (secondary N) is 1. The van der Waals surface area contributed by atoms with E-state index < -0.39 is 0 Å². The SMILES string of the molecule is CC(Cc1ccsc1)Nc1ccc(N)c(OC(C)(C)C)n1.